The molecule has 160 valence electrons. The van der Waals surface area contributed by atoms with Crippen LogP contribution >= 0.6 is 0 Å². The van der Waals surface area contributed by atoms with Crippen molar-refractivity contribution < 1.29 is 13.9 Å². The Bertz CT molecular complexity index is 1330. The number of carbonyl (C=O) groups excluding carboxylic acids is 1. The Hall–Kier alpha value is -3.96. The van der Waals surface area contributed by atoms with Crippen molar-refractivity contribution in [2.75, 3.05) is 11.9 Å². The molecule has 8 nitrogen and oxygen atoms in total. The summed E-state index contributed by atoms with van der Waals surface area (Å²) >= 11 is 0. The lowest BCUT2D eigenvalue weighted by Crippen LogP contribution is -2.19. The Morgan fingerprint density at radius 1 is 1.28 bits per heavy atom. The summed E-state index contributed by atoms with van der Waals surface area (Å²) in [6.45, 7) is 2.48. The normalized spacial score (nSPS) is 16.1. The van der Waals surface area contributed by atoms with Crippen molar-refractivity contribution in [1.29, 1.82) is 5.26 Å². The fourth-order valence-electron chi connectivity index (χ4n) is 4.03. The Balaban J connectivity index is 1.52. The van der Waals surface area contributed by atoms with Crippen LogP contribution in [0.25, 0.3) is 22.2 Å². The number of nitrogens with one attached hydrogen (secondary N) is 1. The number of nitriles is 1. The summed E-state index contributed by atoms with van der Waals surface area (Å²) in [5.74, 6) is -0.334. The van der Waals surface area contributed by atoms with E-state index in [1.165, 1.54) is 6.20 Å². The van der Waals surface area contributed by atoms with Crippen molar-refractivity contribution in [1.82, 2.24) is 14.8 Å². The van der Waals surface area contributed by atoms with Gasteiger partial charge in [-0.1, -0.05) is 0 Å². The number of aromatic nitrogens is 3. The topological polar surface area (TPSA) is 106 Å². The van der Waals surface area contributed by atoms with Gasteiger partial charge in [0.05, 0.1) is 23.6 Å². The first-order chi connectivity index (χ1) is 15.6. The number of carbonyl (C=O) groups is 1. The van der Waals surface area contributed by atoms with Crippen molar-refractivity contribution in [3.63, 3.8) is 0 Å². The minimum absolute atomic E-state index is 0.113. The first-order valence-electron chi connectivity index (χ1n) is 10.5. The van der Waals surface area contributed by atoms with Crippen molar-refractivity contribution in [3.8, 4) is 17.3 Å². The molecule has 1 aromatic carbocycles. The highest BCUT2D eigenvalue weighted by Gasteiger charge is 2.22. The third-order valence-corrected chi connectivity index (χ3v) is 5.61. The average Bonchev–Trinajstić information content (AvgIpc) is 3.47. The molecule has 32 heavy (non-hydrogen) atoms. The van der Waals surface area contributed by atoms with Crippen LogP contribution in [-0.4, -0.2) is 27.3 Å². The molecule has 1 amide bonds. The molecule has 1 N–H and O–H groups in total. The second-order valence-electron chi connectivity index (χ2n) is 7.81. The highest BCUT2D eigenvalue weighted by atomic mass is 16.5. The van der Waals surface area contributed by atoms with Crippen molar-refractivity contribution in [3.05, 3.63) is 65.9 Å². The number of benzene rings is 1. The van der Waals surface area contributed by atoms with Gasteiger partial charge in [0.15, 0.2) is 6.23 Å². The number of anilines is 1. The summed E-state index contributed by atoms with van der Waals surface area (Å²) in [7, 11) is 0. The van der Waals surface area contributed by atoms with Crippen LogP contribution in [0.3, 0.4) is 0 Å². The largest absolute Gasteiger partial charge is 0.472 e. The highest BCUT2D eigenvalue weighted by Crippen LogP contribution is 2.34. The average molecular weight is 427 g/mol. The summed E-state index contributed by atoms with van der Waals surface area (Å²) < 4.78 is 13.2. The van der Waals surface area contributed by atoms with Crippen LogP contribution < -0.4 is 5.32 Å². The number of nitrogens with zero attached hydrogens (tertiary/aromatic N) is 4. The molecule has 1 unspecified atom stereocenters. The molecular weight excluding hydrogens is 406 g/mol. The quantitative estimate of drug-likeness (QED) is 0.500. The Labute approximate surface area is 184 Å². The zero-order valence-corrected chi connectivity index (χ0v) is 17.5. The zero-order valence-electron chi connectivity index (χ0n) is 17.5. The van der Waals surface area contributed by atoms with E-state index < -0.39 is 0 Å². The lowest BCUT2D eigenvalue weighted by Gasteiger charge is -2.23. The molecule has 1 aliphatic heterocycles. The maximum atomic E-state index is 12.8. The number of amides is 1. The van der Waals surface area contributed by atoms with Gasteiger partial charge >= 0.3 is 0 Å². The molecule has 1 fully saturated rings. The fraction of sp³-hybridized carbons (Fsp3) is 0.250. The third-order valence-electron chi connectivity index (χ3n) is 5.61. The minimum atomic E-state index is -0.334. The molecule has 1 aliphatic rings. The van der Waals surface area contributed by atoms with Gasteiger partial charge in [0.1, 0.15) is 17.5 Å². The van der Waals surface area contributed by atoms with Crippen LogP contribution in [0.5, 0.6) is 0 Å². The zero-order chi connectivity index (χ0) is 22.1. The van der Waals surface area contributed by atoms with Gasteiger partial charge in [-0.15, -0.1) is 0 Å². The SMILES string of the molecule is Cc1cc(C#N)cnc1C(=O)Nc1ccc2c(c1)c(-c1ccoc1)nn2C1CCCCO1. The number of pyridine rings is 1. The summed E-state index contributed by atoms with van der Waals surface area (Å²) in [6, 6.07) is 11.2. The van der Waals surface area contributed by atoms with Crippen LogP contribution in [0.2, 0.25) is 0 Å². The molecule has 8 heteroatoms. The first-order valence-corrected chi connectivity index (χ1v) is 10.5. The summed E-state index contributed by atoms with van der Waals surface area (Å²) in [6.07, 6.45) is 7.62. The van der Waals surface area contributed by atoms with E-state index in [0.29, 0.717) is 16.8 Å². The molecular formula is C24H21N5O3. The lowest BCUT2D eigenvalue weighted by molar-refractivity contribution is -0.0365. The number of hydrogen-bond donors (Lipinski definition) is 1. The van der Waals surface area contributed by atoms with E-state index >= 15 is 0 Å². The molecule has 0 saturated carbocycles. The number of furan rings is 1. The van der Waals surface area contributed by atoms with E-state index in [9.17, 15) is 4.79 Å². The predicted octanol–water partition coefficient (Wildman–Crippen LogP) is 4.82. The van der Waals surface area contributed by atoms with Gasteiger partial charge in [0.2, 0.25) is 0 Å². The van der Waals surface area contributed by atoms with Crippen LogP contribution in [0.4, 0.5) is 5.69 Å². The molecule has 0 bridgehead atoms. The second kappa shape index (κ2) is 8.29. The van der Waals surface area contributed by atoms with Crippen molar-refractivity contribution in [2.24, 2.45) is 0 Å². The molecule has 0 aliphatic carbocycles. The van der Waals surface area contributed by atoms with Gasteiger partial charge in [0.25, 0.3) is 5.91 Å². The molecule has 0 spiro atoms. The first kappa shape index (κ1) is 20.0. The minimum Gasteiger partial charge on any atom is -0.472 e. The van der Waals surface area contributed by atoms with Gasteiger partial charge in [0, 0.05) is 29.4 Å². The Kier molecular flexibility index (Phi) is 5.17. The molecule has 3 aromatic heterocycles. The van der Waals surface area contributed by atoms with Gasteiger partial charge in [-0.25, -0.2) is 9.67 Å². The van der Waals surface area contributed by atoms with E-state index in [2.05, 4.69) is 10.3 Å². The number of rotatable bonds is 4. The lowest BCUT2D eigenvalue weighted by atomic mass is 10.1. The van der Waals surface area contributed by atoms with Crippen LogP contribution in [0.1, 0.15) is 47.1 Å². The van der Waals surface area contributed by atoms with E-state index in [1.807, 2.05) is 35.0 Å². The Morgan fingerprint density at radius 2 is 2.19 bits per heavy atom. The van der Waals surface area contributed by atoms with Crippen molar-refractivity contribution >= 4 is 22.5 Å². The van der Waals surface area contributed by atoms with Crippen LogP contribution in [0, 0.1) is 18.3 Å². The third kappa shape index (κ3) is 3.63. The number of ether oxygens (including phenoxy) is 1. The molecule has 1 atom stereocenters. The standard InChI is InChI=1S/C24H21N5O3/c1-15-10-16(12-25)13-26-22(15)24(30)27-18-5-6-20-19(11-18)23(17-7-9-31-14-17)28-29(20)21-4-2-3-8-32-21/h5-7,9-11,13-14,21H,2-4,8H2,1H3,(H,27,30). The van der Waals surface area contributed by atoms with E-state index in [-0.39, 0.29) is 17.8 Å². The van der Waals surface area contributed by atoms with Crippen molar-refractivity contribution in [2.45, 2.75) is 32.4 Å². The highest BCUT2D eigenvalue weighted by molar-refractivity contribution is 6.05. The monoisotopic (exact) mass is 427 g/mol. The second-order valence-corrected chi connectivity index (χ2v) is 7.81. The van der Waals surface area contributed by atoms with E-state index in [0.717, 1.165) is 48.0 Å². The summed E-state index contributed by atoms with van der Waals surface area (Å²) in [5.41, 5.74) is 4.53. The maximum absolute atomic E-state index is 12.8. The number of hydrogen-bond acceptors (Lipinski definition) is 6. The van der Waals surface area contributed by atoms with E-state index in [4.69, 9.17) is 19.5 Å². The van der Waals surface area contributed by atoms with Gasteiger partial charge in [-0.05, 0) is 62.1 Å². The van der Waals surface area contributed by atoms with Crippen LogP contribution in [-0.2, 0) is 4.74 Å². The van der Waals surface area contributed by atoms with Gasteiger partial charge in [-0.3, -0.25) is 4.79 Å². The van der Waals surface area contributed by atoms with Gasteiger partial charge < -0.3 is 14.5 Å². The number of fused-ring (bicyclic) bond motifs is 1. The predicted molar refractivity (Wildman–Crippen MR) is 118 cm³/mol. The number of aryl methyl sites for hydroxylation is 1. The smallest absolute Gasteiger partial charge is 0.274 e. The summed E-state index contributed by atoms with van der Waals surface area (Å²) in [4.78, 5) is 17.0. The van der Waals surface area contributed by atoms with Crippen LogP contribution in [0.15, 0.2) is 53.5 Å². The molecule has 4 aromatic rings. The fourth-order valence-corrected chi connectivity index (χ4v) is 4.03. The molecule has 4 heterocycles. The summed E-state index contributed by atoms with van der Waals surface area (Å²) in [5, 5.41) is 17.7. The molecule has 0 radical (unpaired) electrons. The maximum Gasteiger partial charge on any atom is 0.274 e. The Morgan fingerprint density at radius 3 is 2.91 bits per heavy atom. The van der Waals surface area contributed by atoms with Gasteiger partial charge in [-0.2, -0.15) is 10.4 Å². The van der Waals surface area contributed by atoms with E-state index in [1.54, 1.807) is 25.5 Å². The molecule has 1 saturated heterocycles. The molecule has 5 rings (SSSR count).